The van der Waals surface area contributed by atoms with Crippen LogP contribution in [0.4, 0.5) is 5.82 Å². The average molecular weight is 316 g/mol. The van der Waals surface area contributed by atoms with E-state index in [-0.39, 0.29) is 0 Å². The quantitative estimate of drug-likeness (QED) is 0.848. The third kappa shape index (κ3) is 3.63. The van der Waals surface area contributed by atoms with Crippen molar-refractivity contribution in [2.24, 2.45) is 5.92 Å². The number of aryl methyl sites for hydroxylation is 1. The van der Waals surface area contributed by atoms with E-state index >= 15 is 0 Å². The first-order valence-corrected chi connectivity index (χ1v) is 8.73. The molecule has 1 aliphatic heterocycles. The van der Waals surface area contributed by atoms with Crippen molar-refractivity contribution in [3.63, 3.8) is 0 Å². The molecule has 3 heterocycles. The molecular formula is C17H28N6. The normalized spacial score (nSPS) is 16.7. The lowest BCUT2D eigenvalue weighted by atomic mass is 9.99. The molecule has 0 unspecified atom stereocenters. The minimum Gasteiger partial charge on any atom is -0.356 e. The summed E-state index contributed by atoms with van der Waals surface area (Å²) in [6.45, 7) is 10.6. The molecule has 0 radical (unpaired) electrons. The van der Waals surface area contributed by atoms with Gasteiger partial charge in [-0.2, -0.15) is 9.50 Å². The number of hydrogen-bond donors (Lipinski definition) is 0. The Kier molecular flexibility index (Phi) is 4.80. The summed E-state index contributed by atoms with van der Waals surface area (Å²) >= 11 is 0. The number of nitrogens with zero attached hydrogens (tertiary/aromatic N) is 6. The summed E-state index contributed by atoms with van der Waals surface area (Å²) in [6.07, 6.45) is 3.62. The van der Waals surface area contributed by atoms with Crippen LogP contribution >= 0.6 is 0 Å². The number of rotatable bonds is 5. The molecule has 3 rings (SSSR count). The summed E-state index contributed by atoms with van der Waals surface area (Å²) in [7, 11) is 2.11. The molecule has 1 saturated heterocycles. The van der Waals surface area contributed by atoms with Crippen LogP contribution in [0.15, 0.2) is 6.07 Å². The van der Waals surface area contributed by atoms with E-state index in [0.29, 0.717) is 0 Å². The summed E-state index contributed by atoms with van der Waals surface area (Å²) in [4.78, 5) is 13.9. The van der Waals surface area contributed by atoms with Gasteiger partial charge < -0.3 is 4.90 Å². The number of hydrogen-bond acceptors (Lipinski definition) is 5. The van der Waals surface area contributed by atoms with Gasteiger partial charge in [0.15, 0.2) is 5.82 Å². The highest BCUT2D eigenvalue weighted by molar-refractivity contribution is 5.47. The van der Waals surface area contributed by atoms with Gasteiger partial charge in [-0.3, -0.25) is 4.90 Å². The van der Waals surface area contributed by atoms with Gasteiger partial charge in [0, 0.05) is 24.8 Å². The predicted molar refractivity (Wildman–Crippen MR) is 92.8 cm³/mol. The Morgan fingerprint density at radius 2 is 2.00 bits per heavy atom. The van der Waals surface area contributed by atoms with E-state index in [9.17, 15) is 0 Å². The summed E-state index contributed by atoms with van der Waals surface area (Å²) in [6, 6.07) is 2.14. The van der Waals surface area contributed by atoms with Crippen LogP contribution in [-0.2, 0) is 6.54 Å². The monoisotopic (exact) mass is 316 g/mol. The second-order valence-corrected chi connectivity index (χ2v) is 6.90. The lowest BCUT2D eigenvalue weighted by molar-refractivity contribution is 0.319. The zero-order valence-corrected chi connectivity index (χ0v) is 14.8. The zero-order valence-electron chi connectivity index (χ0n) is 14.8. The van der Waals surface area contributed by atoms with Crippen molar-refractivity contribution in [3.05, 3.63) is 17.6 Å². The highest BCUT2D eigenvalue weighted by atomic mass is 15.4. The molecule has 1 fully saturated rings. The van der Waals surface area contributed by atoms with Crippen molar-refractivity contribution in [1.29, 1.82) is 0 Å². The van der Waals surface area contributed by atoms with E-state index in [1.165, 1.54) is 12.8 Å². The van der Waals surface area contributed by atoms with Crippen LogP contribution in [0.2, 0.25) is 0 Å². The molecule has 2 aromatic rings. The fourth-order valence-electron chi connectivity index (χ4n) is 3.24. The Morgan fingerprint density at radius 1 is 1.26 bits per heavy atom. The number of piperidine rings is 1. The zero-order chi connectivity index (χ0) is 16.4. The summed E-state index contributed by atoms with van der Waals surface area (Å²) in [5.74, 6) is 3.53. The second kappa shape index (κ2) is 6.83. The van der Waals surface area contributed by atoms with Crippen molar-refractivity contribution in [3.8, 4) is 0 Å². The van der Waals surface area contributed by atoms with Crippen molar-refractivity contribution in [2.75, 3.05) is 31.6 Å². The molecule has 126 valence electrons. The Hall–Kier alpha value is -1.69. The summed E-state index contributed by atoms with van der Waals surface area (Å²) < 4.78 is 1.93. The predicted octanol–water partition coefficient (Wildman–Crippen LogP) is 2.51. The molecule has 6 heteroatoms. The van der Waals surface area contributed by atoms with Gasteiger partial charge in [-0.25, -0.2) is 4.98 Å². The fourth-order valence-corrected chi connectivity index (χ4v) is 3.24. The second-order valence-electron chi connectivity index (χ2n) is 6.90. The molecule has 0 N–H and O–H groups in total. The minimum absolute atomic E-state index is 0.721. The molecular weight excluding hydrogens is 288 g/mol. The van der Waals surface area contributed by atoms with E-state index in [0.717, 1.165) is 61.6 Å². The van der Waals surface area contributed by atoms with Crippen LogP contribution in [0.25, 0.3) is 5.78 Å². The van der Waals surface area contributed by atoms with E-state index in [2.05, 4.69) is 46.7 Å². The van der Waals surface area contributed by atoms with Crippen LogP contribution in [-0.4, -0.2) is 51.2 Å². The van der Waals surface area contributed by atoms with Crippen molar-refractivity contribution in [1.82, 2.24) is 24.5 Å². The van der Waals surface area contributed by atoms with E-state index < -0.39 is 0 Å². The van der Waals surface area contributed by atoms with E-state index in [1.807, 2.05) is 11.4 Å². The number of anilines is 1. The molecule has 0 bridgehead atoms. The molecule has 0 atom stereocenters. The largest absolute Gasteiger partial charge is 0.356 e. The first-order chi connectivity index (χ1) is 11.1. The Bertz CT molecular complexity index is 656. The molecule has 1 aliphatic rings. The smallest absolute Gasteiger partial charge is 0.254 e. The Morgan fingerprint density at radius 3 is 2.70 bits per heavy atom. The third-order valence-electron chi connectivity index (χ3n) is 4.59. The first-order valence-electron chi connectivity index (χ1n) is 8.73. The fraction of sp³-hybridized carbons (Fsp3) is 0.706. The molecule has 0 aromatic carbocycles. The maximum Gasteiger partial charge on any atom is 0.254 e. The molecule has 0 spiro atoms. The molecule has 0 amide bonds. The van der Waals surface area contributed by atoms with Crippen LogP contribution in [0.1, 0.15) is 44.6 Å². The molecule has 0 aliphatic carbocycles. The molecule has 6 nitrogen and oxygen atoms in total. The van der Waals surface area contributed by atoms with E-state index in [4.69, 9.17) is 5.10 Å². The minimum atomic E-state index is 0.721. The lowest BCUT2D eigenvalue weighted by Gasteiger charge is -2.31. The van der Waals surface area contributed by atoms with Crippen molar-refractivity contribution >= 4 is 11.6 Å². The van der Waals surface area contributed by atoms with E-state index in [1.54, 1.807) is 0 Å². The lowest BCUT2D eigenvalue weighted by Crippen LogP contribution is -2.34. The topological polar surface area (TPSA) is 49.6 Å². The van der Waals surface area contributed by atoms with Crippen LogP contribution in [0, 0.1) is 12.8 Å². The average Bonchev–Trinajstić information content (AvgIpc) is 2.89. The third-order valence-corrected chi connectivity index (χ3v) is 4.59. The standard InChI is InChI=1S/C17H28N6/c1-5-8-21(4)12-15-19-17-18-14(3)11-16(23(17)20-15)22-9-6-13(2)7-10-22/h11,13H,5-10,12H2,1-4H3. The van der Waals surface area contributed by atoms with Gasteiger partial charge in [-0.1, -0.05) is 13.8 Å². The van der Waals surface area contributed by atoms with Crippen LogP contribution in [0.5, 0.6) is 0 Å². The maximum atomic E-state index is 4.73. The SMILES string of the molecule is CCCN(C)Cc1nc2nc(C)cc(N3CCC(C)CC3)n2n1. The van der Waals surface area contributed by atoms with Gasteiger partial charge >= 0.3 is 0 Å². The van der Waals surface area contributed by atoms with Crippen molar-refractivity contribution in [2.45, 2.75) is 46.6 Å². The van der Waals surface area contributed by atoms with Gasteiger partial charge in [0.2, 0.25) is 0 Å². The summed E-state index contributed by atoms with van der Waals surface area (Å²) in [5, 5.41) is 4.73. The van der Waals surface area contributed by atoms with Gasteiger partial charge in [0.1, 0.15) is 5.82 Å². The number of aromatic nitrogens is 4. The van der Waals surface area contributed by atoms with Gasteiger partial charge in [0.05, 0.1) is 6.54 Å². The van der Waals surface area contributed by atoms with Crippen LogP contribution in [0.3, 0.4) is 0 Å². The molecule has 23 heavy (non-hydrogen) atoms. The van der Waals surface area contributed by atoms with Gasteiger partial charge in [0.25, 0.3) is 5.78 Å². The van der Waals surface area contributed by atoms with Crippen LogP contribution < -0.4 is 4.90 Å². The maximum absolute atomic E-state index is 4.73. The highest BCUT2D eigenvalue weighted by Gasteiger charge is 2.20. The molecule has 2 aromatic heterocycles. The van der Waals surface area contributed by atoms with Gasteiger partial charge in [-0.05, 0) is 45.7 Å². The van der Waals surface area contributed by atoms with Gasteiger partial charge in [-0.15, -0.1) is 5.10 Å². The highest BCUT2D eigenvalue weighted by Crippen LogP contribution is 2.23. The number of fused-ring (bicyclic) bond motifs is 1. The Labute approximate surface area is 138 Å². The first kappa shape index (κ1) is 16.2. The summed E-state index contributed by atoms with van der Waals surface area (Å²) in [5.41, 5.74) is 1.01. The Balaban J connectivity index is 1.90. The molecule has 0 saturated carbocycles. The van der Waals surface area contributed by atoms with Crippen molar-refractivity contribution < 1.29 is 0 Å².